The Labute approximate surface area is 96.5 Å². The second-order valence-corrected chi connectivity index (χ2v) is 3.40. The zero-order chi connectivity index (χ0) is 12.3. The Bertz CT molecular complexity index is 573. The average Bonchev–Trinajstić information content (AvgIpc) is 2.82. The van der Waals surface area contributed by atoms with Crippen molar-refractivity contribution >= 4 is 5.91 Å². The summed E-state index contributed by atoms with van der Waals surface area (Å²) in [6.45, 7) is 0.288. The lowest BCUT2D eigenvalue weighted by Crippen LogP contribution is -2.28. The fourth-order valence-corrected chi connectivity index (χ4v) is 1.27. The summed E-state index contributed by atoms with van der Waals surface area (Å²) >= 11 is 0. The monoisotopic (exact) mass is 233 g/mol. The topological polar surface area (TPSA) is 92.7 Å². The van der Waals surface area contributed by atoms with Crippen molar-refractivity contribution in [2.75, 3.05) is 0 Å². The van der Waals surface area contributed by atoms with Gasteiger partial charge in [-0.2, -0.15) is 5.10 Å². The molecule has 0 aliphatic carbocycles. The van der Waals surface area contributed by atoms with E-state index in [9.17, 15) is 9.59 Å². The van der Waals surface area contributed by atoms with E-state index in [-0.39, 0.29) is 23.7 Å². The Balaban J connectivity index is 2.04. The van der Waals surface area contributed by atoms with E-state index in [2.05, 4.69) is 20.4 Å². The summed E-state index contributed by atoms with van der Waals surface area (Å²) in [5, 5.41) is 6.47. The normalized spacial score (nSPS) is 10.2. The Kier molecular flexibility index (Phi) is 2.99. The highest BCUT2D eigenvalue weighted by Crippen LogP contribution is 1.92. The number of rotatable bonds is 3. The Hall–Kier alpha value is -2.44. The molecule has 2 rings (SSSR count). The van der Waals surface area contributed by atoms with Crippen LogP contribution in [0.25, 0.3) is 0 Å². The first kappa shape index (κ1) is 11.1. The number of H-pyrrole nitrogens is 1. The van der Waals surface area contributed by atoms with Crippen molar-refractivity contribution < 1.29 is 4.79 Å². The van der Waals surface area contributed by atoms with Crippen molar-refractivity contribution in [2.24, 2.45) is 7.05 Å². The van der Waals surface area contributed by atoms with Gasteiger partial charge in [-0.05, 0) is 6.07 Å². The number of hydrogen-bond donors (Lipinski definition) is 2. The number of aryl methyl sites for hydroxylation is 1. The Morgan fingerprint density at radius 1 is 1.53 bits per heavy atom. The molecule has 0 bridgehead atoms. The minimum absolute atomic E-state index is 0.193. The van der Waals surface area contributed by atoms with Gasteiger partial charge in [-0.3, -0.25) is 9.59 Å². The highest BCUT2D eigenvalue weighted by Gasteiger charge is 2.08. The summed E-state index contributed by atoms with van der Waals surface area (Å²) in [5.74, 6) is 0.306. The molecule has 2 N–H and O–H groups in total. The summed E-state index contributed by atoms with van der Waals surface area (Å²) in [6.07, 6.45) is 3.28. The lowest BCUT2D eigenvalue weighted by Gasteiger charge is -2.03. The number of amides is 1. The molecule has 88 valence electrons. The summed E-state index contributed by atoms with van der Waals surface area (Å²) in [5.41, 5.74) is -0.0637. The van der Waals surface area contributed by atoms with Crippen LogP contribution in [0.3, 0.4) is 0 Å². The van der Waals surface area contributed by atoms with Crippen LogP contribution >= 0.6 is 0 Å². The van der Waals surface area contributed by atoms with E-state index in [1.165, 1.54) is 19.2 Å². The number of imidazole rings is 1. The first-order chi connectivity index (χ1) is 8.16. The number of carbonyl (C=O) groups excluding carboxylic acids is 1. The smallest absolute Gasteiger partial charge is 0.272 e. The third-order valence-electron chi connectivity index (χ3n) is 2.16. The molecule has 2 heterocycles. The molecule has 0 saturated carbocycles. The maximum atomic E-state index is 11.7. The van der Waals surface area contributed by atoms with Crippen molar-refractivity contribution in [3.05, 3.63) is 46.4 Å². The molecule has 0 aromatic carbocycles. The first-order valence-electron chi connectivity index (χ1n) is 4.97. The van der Waals surface area contributed by atoms with Gasteiger partial charge in [-0.25, -0.2) is 9.67 Å². The molecule has 2 aromatic heterocycles. The predicted molar refractivity (Wildman–Crippen MR) is 59.2 cm³/mol. The van der Waals surface area contributed by atoms with Crippen LogP contribution in [0, 0.1) is 0 Å². The van der Waals surface area contributed by atoms with Crippen LogP contribution < -0.4 is 10.9 Å². The molecule has 0 unspecified atom stereocenters. The standard InChI is InChI=1S/C10H11N5O2/c1-15-9(16)3-2-7(14-15)10(17)13-6-8-11-4-5-12-8/h2-5H,6H2,1H3,(H,11,12)(H,13,17). The third kappa shape index (κ3) is 2.57. The number of nitrogens with one attached hydrogen (secondary N) is 2. The molecule has 0 saturated heterocycles. The summed E-state index contributed by atoms with van der Waals surface area (Å²) in [6, 6.07) is 2.69. The Morgan fingerprint density at radius 3 is 3.00 bits per heavy atom. The van der Waals surface area contributed by atoms with Gasteiger partial charge in [0, 0.05) is 25.5 Å². The molecule has 1 amide bonds. The van der Waals surface area contributed by atoms with E-state index in [1.807, 2.05) is 0 Å². The van der Waals surface area contributed by atoms with E-state index in [0.717, 1.165) is 4.68 Å². The van der Waals surface area contributed by atoms with Crippen molar-refractivity contribution in [2.45, 2.75) is 6.54 Å². The van der Waals surface area contributed by atoms with E-state index in [4.69, 9.17) is 0 Å². The molecular formula is C10H11N5O2. The molecule has 2 aromatic rings. The van der Waals surface area contributed by atoms with Gasteiger partial charge in [0.25, 0.3) is 11.5 Å². The van der Waals surface area contributed by atoms with Crippen LogP contribution in [-0.4, -0.2) is 25.7 Å². The molecule has 0 aliphatic heterocycles. The predicted octanol–water partition coefficient (Wildman–Crippen LogP) is -0.567. The summed E-state index contributed by atoms with van der Waals surface area (Å²) in [4.78, 5) is 29.6. The van der Waals surface area contributed by atoms with Crippen LogP contribution in [0.15, 0.2) is 29.3 Å². The van der Waals surface area contributed by atoms with Crippen LogP contribution in [0.2, 0.25) is 0 Å². The maximum absolute atomic E-state index is 11.7. The van der Waals surface area contributed by atoms with Crippen LogP contribution in [0.1, 0.15) is 16.3 Å². The van der Waals surface area contributed by atoms with Gasteiger partial charge >= 0.3 is 0 Å². The average molecular weight is 233 g/mol. The van der Waals surface area contributed by atoms with Crippen molar-refractivity contribution in [3.8, 4) is 0 Å². The molecule has 0 atom stereocenters. The summed E-state index contributed by atoms with van der Waals surface area (Å²) < 4.78 is 1.11. The molecule has 0 fully saturated rings. The fraction of sp³-hybridized carbons (Fsp3) is 0.200. The van der Waals surface area contributed by atoms with E-state index < -0.39 is 0 Å². The van der Waals surface area contributed by atoms with Crippen LogP contribution in [0.5, 0.6) is 0 Å². The second kappa shape index (κ2) is 4.60. The van der Waals surface area contributed by atoms with Gasteiger partial charge in [0.1, 0.15) is 11.5 Å². The van der Waals surface area contributed by atoms with Crippen LogP contribution in [-0.2, 0) is 13.6 Å². The number of aromatic amines is 1. The minimum Gasteiger partial charge on any atom is -0.347 e. The van der Waals surface area contributed by atoms with E-state index in [0.29, 0.717) is 5.82 Å². The highest BCUT2D eigenvalue weighted by atomic mass is 16.2. The number of carbonyl (C=O) groups is 1. The minimum atomic E-state index is -0.350. The van der Waals surface area contributed by atoms with Crippen molar-refractivity contribution in [3.63, 3.8) is 0 Å². The fourth-order valence-electron chi connectivity index (χ4n) is 1.27. The Morgan fingerprint density at radius 2 is 2.35 bits per heavy atom. The largest absolute Gasteiger partial charge is 0.347 e. The zero-order valence-electron chi connectivity index (χ0n) is 9.17. The van der Waals surface area contributed by atoms with Gasteiger partial charge < -0.3 is 10.3 Å². The van der Waals surface area contributed by atoms with Crippen LogP contribution in [0.4, 0.5) is 0 Å². The maximum Gasteiger partial charge on any atom is 0.272 e. The quantitative estimate of drug-likeness (QED) is 0.742. The lowest BCUT2D eigenvalue weighted by molar-refractivity contribution is 0.0942. The van der Waals surface area contributed by atoms with Gasteiger partial charge in [-0.1, -0.05) is 0 Å². The van der Waals surface area contributed by atoms with Gasteiger partial charge in [-0.15, -0.1) is 0 Å². The van der Waals surface area contributed by atoms with Gasteiger partial charge in [0.15, 0.2) is 0 Å². The van der Waals surface area contributed by atoms with Gasteiger partial charge in [0.05, 0.1) is 6.54 Å². The molecule has 17 heavy (non-hydrogen) atoms. The molecular weight excluding hydrogens is 222 g/mol. The first-order valence-corrected chi connectivity index (χ1v) is 4.97. The number of hydrogen-bond acceptors (Lipinski definition) is 4. The molecule has 7 nitrogen and oxygen atoms in total. The van der Waals surface area contributed by atoms with E-state index in [1.54, 1.807) is 12.4 Å². The molecule has 0 spiro atoms. The summed E-state index contributed by atoms with van der Waals surface area (Å²) in [7, 11) is 1.49. The number of aromatic nitrogens is 4. The molecule has 0 radical (unpaired) electrons. The molecule has 7 heteroatoms. The molecule has 0 aliphatic rings. The zero-order valence-corrected chi connectivity index (χ0v) is 9.17. The highest BCUT2D eigenvalue weighted by molar-refractivity contribution is 5.91. The third-order valence-corrected chi connectivity index (χ3v) is 2.16. The van der Waals surface area contributed by atoms with Crippen molar-refractivity contribution in [1.29, 1.82) is 0 Å². The van der Waals surface area contributed by atoms with E-state index >= 15 is 0 Å². The second-order valence-electron chi connectivity index (χ2n) is 3.40. The lowest BCUT2D eigenvalue weighted by atomic mass is 10.3. The number of nitrogens with zero attached hydrogens (tertiary/aromatic N) is 3. The SMILES string of the molecule is Cn1nc(C(=O)NCc2ncc[nH]2)ccc1=O. The van der Waals surface area contributed by atoms with Gasteiger partial charge in [0.2, 0.25) is 0 Å². The van der Waals surface area contributed by atoms with Crippen molar-refractivity contribution in [1.82, 2.24) is 25.1 Å².